The number of nitrogens with one attached hydrogen (secondary N) is 1. The third kappa shape index (κ3) is 9.97. The van der Waals surface area contributed by atoms with Crippen LogP contribution in [0.1, 0.15) is 36.2 Å². The number of hydrogen-bond donors (Lipinski definition) is 1. The van der Waals surface area contributed by atoms with E-state index in [0.717, 1.165) is 6.07 Å². The van der Waals surface area contributed by atoms with E-state index < -0.39 is 69.3 Å². The Hall–Kier alpha value is -6.57. The first kappa shape index (κ1) is 34.9. The fourth-order valence-corrected chi connectivity index (χ4v) is 4.04. The Morgan fingerprint density at radius 2 is 1.64 bits per heavy atom. The van der Waals surface area contributed by atoms with Crippen LogP contribution in [0.15, 0.2) is 70.9 Å². The van der Waals surface area contributed by atoms with Gasteiger partial charge in [-0.25, -0.2) is 4.79 Å². The molecule has 17 heteroatoms. The lowest BCUT2D eigenvalue weighted by molar-refractivity contribution is -0.393. The largest absolute Gasteiger partial charge is 0.455 e. The van der Waals surface area contributed by atoms with Crippen molar-refractivity contribution < 1.29 is 38.5 Å². The molecular weight excluding hydrogens is 618 g/mol. The van der Waals surface area contributed by atoms with Gasteiger partial charge in [-0.2, -0.15) is 5.26 Å². The Bertz CT molecular complexity index is 1770. The van der Waals surface area contributed by atoms with Gasteiger partial charge in [-0.1, -0.05) is 30.3 Å². The average Bonchev–Trinajstić information content (AvgIpc) is 3.05. The highest BCUT2D eigenvalue weighted by Gasteiger charge is 2.25. The van der Waals surface area contributed by atoms with Crippen molar-refractivity contribution in [3.63, 3.8) is 0 Å². The van der Waals surface area contributed by atoms with E-state index in [2.05, 4.69) is 15.5 Å². The number of esters is 2. The molecule has 0 heterocycles. The molecule has 17 nitrogen and oxygen atoms in total. The Morgan fingerprint density at radius 3 is 2.26 bits per heavy atom. The van der Waals surface area contributed by atoms with E-state index in [4.69, 9.17) is 9.47 Å². The van der Waals surface area contributed by atoms with Crippen molar-refractivity contribution in [1.82, 2.24) is 0 Å². The van der Waals surface area contributed by atoms with Gasteiger partial charge < -0.3 is 19.7 Å². The molecule has 3 aromatic carbocycles. The molecule has 0 unspecified atom stereocenters. The lowest BCUT2D eigenvalue weighted by Crippen LogP contribution is -2.27. The molecule has 47 heavy (non-hydrogen) atoms. The van der Waals surface area contributed by atoms with E-state index >= 15 is 0 Å². The van der Waals surface area contributed by atoms with E-state index in [0.29, 0.717) is 23.9 Å². The molecule has 0 spiro atoms. The van der Waals surface area contributed by atoms with Gasteiger partial charge in [0.15, 0.2) is 24.7 Å². The quantitative estimate of drug-likeness (QED) is 0.0761. The van der Waals surface area contributed by atoms with Crippen LogP contribution < -0.4 is 10.2 Å². The van der Waals surface area contributed by atoms with Crippen molar-refractivity contribution >= 4 is 57.8 Å². The number of benzene rings is 3. The standard InChI is InChI=1S/C30H27N7O10/c1-3-35(12-11-28(40)47-18-29(41)46-17-27(39)20-7-5-4-6-8-20)22-9-10-24(25(14-22)32-19(2)38)33-34-30-21(16-31)13-23(36(42)43)15-26(30)37(44)45/h4-10,13-15H,3,11-12,17-18H2,1-2H3,(H,32,38). The zero-order valence-corrected chi connectivity index (χ0v) is 25.1. The monoisotopic (exact) mass is 645 g/mol. The molecular formula is C30H27N7O10. The van der Waals surface area contributed by atoms with Gasteiger partial charge in [-0.15, -0.1) is 10.2 Å². The normalized spacial score (nSPS) is 10.5. The second-order valence-electron chi connectivity index (χ2n) is 9.51. The molecule has 0 saturated carbocycles. The number of ether oxygens (including phenoxy) is 2. The van der Waals surface area contributed by atoms with Gasteiger partial charge in [0.2, 0.25) is 5.91 Å². The summed E-state index contributed by atoms with van der Waals surface area (Å²) < 4.78 is 9.84. The van der Waals surface area contributed by atoms with Gasteiger partial charge >= 0.3 is 17.6 Å². The number of ketones is 1. The Morgan fingerprint density at radius 1 is 0.936 bits per heavy atom. The summed E-state index contributed by atoms with van der Waals surface area (Å²) >= 11 is 0. The lowest BCUT2D eigenvalue weighted by Gasteiger charge is -2.23. The zero-order valence-electron chi connectivity index (χ0n) is 25.1. The van der Waals surface area contributed by atoms with Gasteiger partial charge in [-0.3, -0.25) is 34.6 Å². The summed E-state index contributed by atoms with van der Waals surface area (Å²) in [5.41, 5.74) is -1.37. The topological polar surface area (TPSA) is 237 Å². The number of azo groups is 1. The van der Waals surface area contributed by atoms with Crippen LogP contribution in [0.3, 0.4) is 0 Å². The van der Waals surface area contributed by atoms with Gasteiger partial charge in [0.25, 0.3) is 5.69 Å². The summed E-state index contributed by atoms with van der Waals surface area (Å²) in [4.78, 5) is 70.9. The number of Topliss-reactive ketones (excluding diaryl/α,β-unsaturated/α-hetero) is 1. The third-order valence-corrected chi connectivity index (χ3v) is 6.29. The third-order valence-electron chi connectivity index (χ3n) is 6.29. The van der Waals surface area contributed by atoms with Crippen LogP contribution in [0.5, 0.6) is 0 Å². The van der Waals surface area contributed by atoms with Crippen LogP contribution in [-0.4, -0.2) is 59.8 Å². The van der Waals surface area contributed by atoms with E-state index in [9.17, 15) is 44.7 Å². The number of rotatable bonds is 15. The first-order valence-electron chi connectivity index (χ1n) is 13.8. The first-order chi connectivity index (χ1) is 22.4. The number of nitro benzene ring substituents is 2. The van der Waals surface area contributed by atoms with Crippen molar-refractivity contribution in [2.45, 2.75) is 20.3 Å². The molecule has 0 radical (unpaired) electrons. The number of hydrogen-bond acceptors (Lipinski definition) is 14. The van der Waals surface area contributed by atoms with Crippen molar-refractivity contribution in [2.24, 2.45) is 10.2 Å². The van der Waals surface area contributed by atoms with Gasteiger partial charge in [0.05, 0.1) is 33.6 Å². The van der Waals surface area contributed by atoms with Crippen LogP contribution in [0.2, 0.25) is 0 Å². The lowest BCUT2D eigenvalue weighted by atomic mass is 10.1. The average molecular weight is 646 g/mol. The number of amides is 1. The highest BCUT2D eigenvalue weighted by Crippen LogP contribution is 2.38. The molecule has 3 aromatic rings. The minimum absolute atomic E-state index is 0.0419. The number of nitro groups is 2. The van der Waals surface area contributed by atoms with Gasteiger partial charge in [0.1, 0.15) is 11.8 Å². The number of nitriles is 1. The second-order valence-corrected chi connectivity index (χ2v) is 9.51. The molecule has 0 bridgehead atoms. The SMILES string of the molecule is CCN(CCC(=O)OCC(=O)OCC(=O)c1ccccc1)c1ccc(N=Nc2c(C#N)cc([N+](=O)[O-])cc2[N+](=O)[O-])c(NC(C)=O)c1. The molecule has 0 fully saturated rings. The number of carbonyl (C=O) groups excluding carboxylic acids is 4. The van der Waals surface area contributed by atoms with Crippen molar-refractivity contribution in [3.05, 3.63) is 92.0 Å². The molecule has 0 aliphatic heterocycles. The van der Waals surface area contributed by atoms with E-state index in [1.54, 1.807) is 54.3 Å². The molecule has 0 aliphatic rings. The molecule has 0 atom stereocenters. The van der Waals surface area contributed by atoms with Crippen LogP contribution in [0, 0.1) is 31.6 Å². The summed E-state index contributed by atoms with van der Waals surface area (Å²) in [7, 11) is 0. The maximum atomic E-state index is 12.3. The summed E-state index contributed by atoms with van der Waals surface area (Å²) in [6.07, 6.45) is -0.137. The predicted octanol–water partition coefficient (Wildman–Crippen LogP) is 4.93. The maximum Gasteiger partial charge on any atom is 0.344 e. The van der Waals surface area contributed by atoms with Crippen molar-refractivity contribution in [2.75, 3.05) is 36.5 Å². The van der Waals surface area contributed by atoms with Crippen LogP contribution >= 0.6 is 0 Å². The predicted molar refractivity (Wildman–Crippen MR) is 165 cm³/mol. The molecule has 0 aromatic heterocycles. The molecule has 0 saturated heterocycles. The summed E-state index contributed by atoms with van der Waals surface area (Å²) in [6.45, 7) is 2.39. The summed E-state index contributed by atoms with van der Waals surface area (Å²) in [6, 6.07) is 15.9. The Balaban J connectivity index is 1.69. The fourth-order valence-electron chi connectivity index (χ4n) is 4.04. The van der Waals surface area contributed by atoms with E-state index in [1.807, 2.05) is 0 Å². The van der Waals surface area contributed by atoms with Crippen molar-refractivity contribution in [3.8, 4) is 6.07 Å². The number of nitrogens with zero attached hydrogens (tertiary/aromatic N) is 6. The molecule has 1 amide bonds. The first-order valence-corrected chi connectivity index (χ1v) is 13.8. The smallest absolute Gasteiger partial charge is 0.344 e. The zero-order chi connectivity index (χ0) is 34.5. The van der Waals surface area contributed by atoms with Crippen molar-refractivity contribution in [1.29, 1.82) is 5.26 Å². The second kappa shape index (κ2) is 16.5. The highest BCUT2D eigenvalue weighted by atomic mass is 16.6. The van der Waals surface area contributed by atoms with Gasteiger partial charge in [-0.05, 0) is 25.1 Å². The van der Waals surface area contributed by atoms with E-state index in [-0.39, 0.29) is 24.3 Å². The molecule has 3 rings (SSSR count). The van der Waals surface area contributed by atoms with E-state index in [1.165, 1.54) is 19.1 Å². The number of anilines is 2. The van der Waals surface area contributed by atoms with Gasteiger partial charge in [0, 0.05) is 37.3 Å². The minimum atomic E-state index is -0.930. The molecule has 242 valence electrons. The minimum Gasteiger partial charge on any atom is -0.455 e. The van der Waals surface area contributed by atoms with Crippen LogP contribution in [0.4, 0.5) is 34.1 Å². The van der Waals surface area contributed by atoms with Crippen LogP contribution in [0.25, 0.3) is 0 Å². The molecule has 1 N–H and O–H groups in total. The maximum absolute atomic E-state index is 12.3. The Kier molecular flexibility index (Phi) is 12.2. The summed E-state index contributed by atoms with van der Waals surface area (Å²) in [5, 5.41) is 42.5. The fraction of sp³-hybridized carbons (Fsp3) is 0.233. The number of non-ortho nitro benzene ring substituents is 1. The highest BCUT2D eigenvalue weighted by molar-refractivity contribution is 5.98. The van der Waals surface area contributed by atoms with Crippen LogP contribution in [-0.2, 0) is 23.9 Å². The Labute approximate surface area is 266 Å². The summed E-state index contributed by atoms with van der Waals surface area (Å²) in [5.74, 6) is -2.49. The molecule has 0 aliphatic carbocycles. The number of carbonyl (C=O) groups is 4.